The second kappa shape index (κ2) is 7.81. The summed E-state index contributed by atoms with van der Waals surface area (Å²) in [6.45, 7) is 2.27. The molecule has 0 spiro atoms. The molecule has 0 atom stereocenters. The van der Waals surface area contributed by atoms with Crippen LogP contribution < -0.4 is 10.6 Å². The third-order valence-electron chi connectivity index (χ3n) is 4.80. The Morgan fingerprint density at radius 3 is 2.45 bits per heavy atom. The molecule has 6 nitrogen and oxygen atoms in total. The molecule has 0 aromatic rings. The maximum absolute atomic E-state index is 12.6. The molecule has 1 heterocycles. The van der Waals surface area contributed by atoms with E-state index in [1.165, 1.54) is 0 Å². The number of hydrogen-bond acceptors (Lipinski definition) is 3. The van der Waals surface area contributed by atoms with Gasteiger partial charge in [-0.1, -0.05) is 12.8 Å². The maximum atomic E-state index is 12.6. The van der Waals surface area contributed by atoms with Crippen molar-refractivity contribution in [2.45, 2.75) is 44.6 Å². The Morgan fingerprint density at radius 2 is 1.91 bits per heavy atom. The van der Waals surface area contributed by atoms with Crippen molar-refractivity contribution in [1.82, 2.24) is 15.5 Å². The van der Waals surface area contributed by atoms with Gasteiger partial charge in [-0.25, -0.2) is 0 Å². The summed E-state index contributed by atoms with van der Waals surface area (Å²) in [6.07, 6.45) is 6.20. The van der Waals surface area contributed by atoms with Gasteiger partial charge in [-0.3, -0.25) is 9.79 Å². The van der Waals surface area contributed by atoms with Crippen LogP contribution in [0.2, 0.25) is 0 Å². The summed E-state index contributed by atoms with van der Waals surface area (Å²) >= 11 is 0. The molecule has 1 aliphatic carbocycles. The third-order valence-corrected chi connectivity index (χ3v) is 4.80. The number of hydrogen-bond donors (Lipinski definition) is 2. The van der Waals surface area contributed by atoms with Gasteiger partial charge in [-0.15, -0.1) is 0 Å². The van der Waals surface area contributed by atoms with Crippen molar-refractivity contribution in [3.8, 4) is 0 Å². The molecule has 126 valence electrons. The Hall–Kier alpha value is -1.30. The topological polar surface area (TPSA) is 66.0 Å². The predicted octanol–water partition coefficient (Wildman–Crippen LogP) is 0.979. The van der Waals surface area contributed by atoms with Crippen LogP contribution in [0.1, 0.15) is 38.5 Å². The average molecular weight is 310 g/mol. The number of rotatable bonds is 4. The molecule has 2 N–H and O–H groups in total. The second-order valence-electron chi connectivity index (χ2n) is 6.64. The van der Waals surface area contributed by atoms with Gasteiger partial charge in [0.15, 0.2) is 5.96 Å². The van der Waals surface area contributed by atoms with Crippen LogP contribution in [0.25, 0.3) is 0 Å². The van der Waals surface area contributed by atoms with Crippen LogP contribution in [-0.2, 0) is 9.53 Å². The Balaban J connectivity index is 1.91. The fourth-order valence-electron chi connectivity index (χ4n) is 3.48. The minimum absolute atomic E-state index is 0.235. The van der Waals surface area contributed by atoms with Gasteiger partial charge in [0.1, 0.15) is 0 Å². The first kappa shape index (κ1) is 17.1. The number of nitrogens with one attached hydrogen (secondary N) is 2. The van der Waals surface area contributed by atoms with Gasteiger partial charge in [-0.05, 0) is 25.7 Å². The van der Waals surface area contributed by atoms with E-state index < -0.39 is 0 Å². The van der Waals surface area contributed by atoms with E-state index in [2.05, 4.69) is 15.6 Å². The number of guanidine groups is 1. The van der Waals surface area contributed by atoms with Crippen LogP contribution in [0, 0.1) is 5.41 Å². The average Bonchev–Trinajstić information content (AvgIpc) is 3.01. The minimum Gasteiger partial charge on any atom is -0.381 e. The van der Waals surface area contributed by atoms with Gasteiger partial charge in [0.25, 0.3) is 0 Å². The van der Waals surface area contributed by atoms with Crippen LogP contribution in [0.3, 0.4) is 0 Å². The van der Waals surface area contributed by atoms with Gasteiger partial charge in [0.2, 0.25) is 5.91 Å². The molecule has 0 aromatic heterocycles. The quantitative estimate of drug-likeness (QED) is 0.600. The van der Waals surface area contributed by atoms with E-state index in [1.807, 2.05) is 14.1 Å². The second-order valence-corrected chi connectivity index (χ2v) is 6.64. The van der Waals surface area contributed by atoms with Gasteiger partial charge in [-0.2, -0.15) is 0 Å². The van der Waals surface area contributed by atoms with Crippen molar-refractivity contribution < 1.29 is 9.53 Å². The lowest BCUT2D eigenvalue weighted by Crippen LogP contribution is -2.51. The van der Waals surface area contributed by atoms with Crippen molar-refractivity contribution in [3.63, 3.8) is 0 Å². The number of nitrogens with zero attached hydrogens (tertiary/aromatic N) is 2. The van der Waals surface area contributed by atoms with Crippen molar-refractivity contribution in [2.24, 2.45) is 10.4 Å². The zero-order chi connectivity index (χ0) is 16.0. The van der Waals surface area contributed by atoms with Crippen molar-refractivity contribution in [2.75, 3.05) is 40.9 Å². The van der Waals surface area contributed by atoms with Crippen LogP contribution in [0.4, 0.5) is 0 Å². The summed E-state index contributed by atoms with van der Waals surface area (Å²) in [5.74, 6) is 1.03. The smallest absolute Gasteiger partial charge is 0.230 e. The van der Waals surface area contributed by atoms with Crippen LogP contribution in [0.15, 0.2) is 4.99 Å². The molecule has 2 aliphatic rings. The highest BCUT2D eigenvalue weighted by atomic mass is 16.5. The van der Waals surface area contributed by atoms with Crippen LogP contribution in [-0.4, -0.2) is 63.7 Å². The first-order valence-electron chi connectivity index (χ1n) is 8.34. The van der Waals surface area contributed by atoms with E-state index in [1.54, 1.807) is 11.9 Å². The number of carbonyl (C=O) groups is 1. The van der Waals surface area contributed by atoms with E-state index in [-0.39, 0.29) is 11.3 Å². The fraction of sp³-hybridized carbons (Fsp3) is 0.875. The maximum Gasteiger partial charge on any atom is 0.230 e. The van der Waals surface area contributed by atoms with Gasteiger partial charge < -0.3 is 20.3 Å². The molecule has 6 heteroatoms. The summed E-state index contributed by atoms with van der Waals surface area (Å²) in [6, 6.07) is 0.407. The Morgan fingerprint density at radius 1 is 1.27 bits per heavy atom. The molecule has 1 aliphatic heterocycles. The summed E-state index contributed by atoms with van der Waals surface area (Å²) in [4.78, 5) is 18.6. The van der Waals surface area contributed by atoms with Crippen molar-refractivity contribution in [3.05, 3.63) is 0 Å². The van der Waals surface area contributed by atoms with Crippen molar-refractivity contribution >= 4 is 11.9 Å². The lowest BCUT2D eigenvalue weighted by atomic mass is 9.84. The Bertz CT molecular complexity index is 397. The van der Waals surface area contributed by atoms with E-state index in [4.69, 9.17) is 4.74 Å². The van der Waals surface area contributed by atoms with Crippen molar-refractivity contribution in [1.29, 1.82) is 0 Å². The van der Waals surface area contributed by atoms with Gasteiger partial charge in [0, 0.05) is 46.9 Å². The fourth-order valence-corrected chi connectivity index (χ4v) is 3.48. The lowest BCUT2D eigenvalue weighted by Gasteiger charge is -2.32. The highest BCUT2D eigenvalue weighted by Gasteiger charge is 2.42. The zero-order valence-corrected chi connectivity index (χ0v) is 14.2. The summed E-state index contributed by atoms with van der Waals surface area (Å²) in [7, 11) is 5.47. The zero-order valence-electron chi connectivity index (χ0n) is 14.2. The van der Waals surface area contributed by atoms with Gasteiger partial charge in [0.05, 0.1) is 5.41 Å². The first-order chi connectivity index (χ1) is 10.6. The number of amides is 1. The summed E-state index contributed by atoms with van der Waals surface area (Å²) < 4.78 is 5.38. The summed E-state index contributed by atoms with van der Waals surface area (Å²) in [5, 5.41) is 6.83. The van der Waals surface area contributed by atoms with Gasteiger partial charge >= 0.3 is 0 Å². The molecule has 1 saturated carbocycles. The molecule has 0 bridgehead atoms. The standard InChI is InChI=1S/C16H30N4O2/c1-17-15(19-13-6-10-22-11-7-13)18-12-16(8-4-5-9-16)14(21)20(2)3/h13H,4-12H2,1-3H3,(H2,17,18,19). The number of aliphatic imine (C=N–C) groups is 1. The lowest BCUT2D eigenvalue weighted by molar-refractivity contribution is -0.138. The molecule has 0 aromatic carbocycles. The minimum atomic E-state index is -0.267. The summed E-state index contributed by atoms with van der Waals surface area (Å²) in [5.41, 5.74) is -0.267. The van der Waals surface area contributed by atoms with E-state index in [9.17, 15) is 4.79 Å². The molecule has 1 saturated heterocycles. The number of carbonyl (C=O) groups excluding carboxylic acids is 1. The third kappa shape index (κ3) is 4.12. The Kier molecular flexibility index (Phi) is 6.06. The molecule has 2 fully saturated rings. The van der Waals surface area contributed by atoms with E-state index >= 15 is 0 Å². The molecule has 0 unspecified atom stereocenters. The largest absolute Gasteiger partial charge is 0.381 e. The first-order valence-corrected chi connectivity index (χ1v) is 8.34. The highest BCUT2D eigenvalue weighted by molar-refractivity contribution is 5.85. The SMILES string of the molecule is CN=C(NCC1(C(=O)N(C)C)CCCC1)NC1CCOCC1. The monoisotopic (exact) mass is 310 g/mol. The predicted molar refractivity (Wildman–Crippen MR) is 87.9 cm³/mol. The molecule has 0 radical (unpaired) electrons. The molecule has 2 rings (SSSR count). The molecular formula is C16H30N4O2. The molecule has 1 amide bonds. The van der Waals surface area contributed by atoms with E-state index in [0.29, 0.717) is 12.6 Å². The highest BCUT2D eigenvalue weighted by Crippen LogP contribution is 2.38. The number of ether oxygens (including phenoxy) is 1. The molecular weight excluding hydrogens is 280 g/mol. The van der Waals surface area contributed by atoms with Crippen LogP contribution >= 0.6 is 0 Å². The molecule has 22 heavy (non-hydrogen) atoms. The Labute approximate surface area is 133 Å². The normalized spacial score (nSPS) is 22.4. The van der Waals surface area contributed by atoms with Crippen LogP contribution in [0.5, 0.6) is 0 Å². The van der Waals surface area contributed by atoms with E-state index in [0.717, 1.165) is 57.7 Å².